The van der Waals surface area contributed by atoms with E-state index in [9.17, 15) is 9.90 Å². The van der Waals surface area contributed by atoms with Gasteiger partial charge in [-0.25, -0.2) is 0 Å². The molecule has 3 aromatic rings. The minimum atomic E-state index is -0.913. The topological polar surface area (TPSA) is 65.0 Å². The highest BCUT2D eigenvalue weighted by molar-refractivity contribution is 5.71. The Balaban J connectivity index is 1.73. The number of rotatable bonds is 11. The van der Waals surface area contributed by atoms with E-state index >= 15 is 0 Å². The van der Waals surface area contributed by atoms with Crippen molar-refractivity contribution in [1.29, 1.82) is 0 Å². The molecule has 5 nitrogen and oxygen atoms in total. The third kappa shape index (κ3) is 6.27. The molecular formula is C25H26O5. The number of carboxylic acid groups (broad SMARTS) is 1. The molecule has 0 spiro atoms. The highest BCUT2D eigenvalue weighted by Crippen LogP contribution is 2.39. The van der Waals surface area contributed by atoms with Gasteiger partial charge in [0.2, 0.25) is 5.75 Å². The van der Waals surface area contributed by atoms with Crippen molar-refractivity contribution >= 4 is 5.97 Å². The number of benzene rings is 3. The molecule has 0 saturated carbocycles. The van der Waals surface area contributed by atoms with E-state index in [1.165, 1.54) is 5.56 Å². The van der Waals surface area contributed by atoms with E-state index in [0.29, 0.717) is 36.0 Å². The van der Waals surface area contributed by atoms with Crippen LogP contribution in [0.4, 0.5) is 0 Å². The molecule has 5 heteroatoms. The standard InChI is InChI=1S/C25H26O5/c1-28-25-22(29-14-8-13-19-9-4-2-5-10-19)15-21(17-24(26)27)16-23(25)30-18-20-11-6-3-7-12-20/h2-7,9-12,15-16H,8,13-14,17-18H2,1H3,(H,26,27). The Bertz CT molecular complexity index is 939. The number of carbonyl (C=O) groups is 1. The van der Waals surface area contributed by atoms with Crippen LogP contribution in [0.1, 0.15) is 23.1 Å². The van der Waals surface area contributed by atoms with E-state index in [2.05, 4.69) is 12.1 Å². The van der Waals surface area contributed by atoms with Gasteiger partial charge in [0.1, 0.15) is 6.61 Å². The second kappa shape index (κ2) is 10.9. The first-order valence-corrected chi connectivity index (χ1v) is 9.92. The number of hydrogen-bond donors (Lipinski definition) is 1. The molecular weight excluding hydrogens is 380 g/mol. The van der Waals surface area contributed by atoms with Gasteiger partial charge in [-0.2, -0.15) is 0 Å². The molecule has 0 atom stereocenters. The van der Waals surface area contributed by atoms with E-state index in [4.69, 9.17) is 14.2 Å². The molecule has 0 heterocycles. The van der Waals surface area contributed by atoms with Crippen LogP contribution in [0.2, 0.25) is 0 Å². The monoisotopic (exact) mass is 406 g/mol. The zero-order valence-electron chi connectivity index (χ0n) is 17.0. The van der Waals surface area contributed by atoms with Gasteiger partial charge in [-0.15, -0.1) is 0 Å². The summed E-state index contributed by atoms with van der Waals surface area (Å²) in [5.41, 5.74) is 2.86. The largest absolute Gasteiger partial charge is 0.490 e. The third-order valence-electron chi connectivity index (χ3n) is 4.59. The van der Waals surface area contributed by atoms with Gasteiger partial charge in [0.05, 0.1) is 20.1 Å². The first kappa shape index (κ1) is 21.2. The van der Waals surface area contributed by atoms with Gasteiger partial charge >= 0.3 is 5.97 Å². The number of aryl methyl sites for hydroxylation is 1. The first-order chi connectivity index (χ1) is 14.7. The molecule has 0 saturated heterocycles. The fourth-order valence-electron chi connectivity index (χ4n) is 3.16. The maximum absolute atomic E-state index is 11.2. The summed E-state index contributed by atoms with van der Waals surface area (Å²) < 4.78 is 17.5. The fourth-order valence-corrected chi connectivity index (χ4v) is 3.16. The van der Waals surface area contributed by atoms with Gasteiger partial charge in [-0.1, -0.05) is 60.7 Å². The van der Waals surface area contributed by atoms with E-state index in [1.807, 2.05) is 48.5 Å². The molecule has 0 aliphatic carbocycles. The Hall–Kier alpha value is -3.47. The Kier molecular flexibility index (Phi) is 7.72. The number of methoxy groups -OCH3 is 1. The highest BCUT2D eigenvalue weighted by Gasteiger charge is 2.16. The smallest absolute Gasteiger partial charge is 0.307 e. The third-order valence-corrected chi connectivity index (χ3v) is 4.59. The van der Waals surface area contributed by atoms with E-state index < -0.39 is 5.97 Å². The summed E-state index contributed by atoms with van der Waals surface area (Å²) in [5.74, 6) is 0.523. The first-order valence-electron chi connectivity index (χ1n) is 9.92. The van der Waals surface area contributed by atoms with E-state index in [-0.39, 0.29) is 6.42 Å². The highest BCUT2D eigenvalue weighted by atomic mass is 16.5. The number of ether oxygens (including phenoxy) is 3. The van der Waals surface area contributed by atoms with Crippen molar-refractivity contribution in [3.63, 3.8) is 0 Å². The van der Waals surface area contributed by atoms with Gasteiger partial charge < -0.3 is 19.3 Å². The second-order valence-corrected chi connectivity index (χ2v) is 6.91. The van der Waals surface area contributed by atoms with Gasteiger partial charge in [0, 0.05) is 0 Å². The van der Waals surface area contributed by atoms with Crippen molar-refractivity contribution < 1.29 is 24.1 Å². The Morgan fingerprint density at radius 3 is 2.03 bits per heavy atom. The van der Waals surface area contributed by atoms with E-state index in [1.54, 1.807) is 19.2 Å². The lowest BCUT2D eigenvalue weighted by atomic mass is 10.1. The summed E-state index contributed by atoms with van der Waals surface area (Å²) in [6, 6.07) is 23.4. The normalized spacial score (nSPS) is 10.4. The summed E-state index contributed by atoms with van der Waals surface area (Å²) in [6.07, 6.45) is 1.61. The zero-order chi connectivity index (χ0) is 21.2. The number of aliphatic carboxylic acids is 1. The van der Waals surface area contributed by atoms with Crippen LogP contribution in [-0.2, 0) is 24.2 Å². The lowest BCUT2D eigenvalue weighted by Crippen LogP contribution is -2.06. The van der Waals surface area contributed by atoms with Crippen LogP contribution in [-0.4, -0.2) is 24.8 Å². The van der Waals surface area contributed by atoms with Crippen LogP contribution in [0.25, 0.3) is 0 Å². The molecule has 0 bridgehead atoms. The van der Waals surface area contributed by atoms with Gasteiger partial charge in [0.15, 0.2) is 11.5 Å². The minimum Gasteiger partial charge on any atom is -0.490 e. The van der Waals surface area contributed by atoms with Crippen LogP contribution in [0.3, 0.4) is 0 Å². The molecule has 3 aromatic carbocycles. The Morgan fingerprint density at radius 1 is 0.833 bits per heavy atom. The van der Waals surface area contributed by atoms with Crippen LogP contribution < -0.4 is 14.2 Å². The molecule has 0 unspecified atom stereocenters. The molecule has 0 aromatic heterocycles. The Morgan fingerprint density at radius 2 is 1.43 bits per heavy atom. The fraction of sp³-hybridized carbons (Fsp3) is 0.240. The molecule has 0 fully saturated rings. The molecule has 0 radical (unpaired) electrons. The SMILES string of the molecule is COc1c(OCCCc2ccccc2)cc(CC(=O)O)cc1OCc1ccccc1. The van der Waals surface area contributed by atoms with Crippen LogP contribution in [0.5, 0.6) is 17.2 Å². The Labute approximate surface area is 176 Å². The lowest BCUT2D eigenvalue weighted by molar-refractivity contribution is -0.136. The maximum Gasteiger partial charge on any atom is 0.307 e. The lowest BCUT2D eigenvalue weighted by Gasteiger charge is -2.17. The average molecular weight is 406 g/mol. The molecule has 156 valence electrons. The van der Waals surface area contributed by atoms with Crippen LogP contribution in [0.15, 0.2) is 72.8 Å². The van der Waals surface area contributed by atoms with Crippen LogP contribution >= 0.6 is 0 Å². The van der Waals surface area contributed by atoms with Crippen molar-refractivity contribution in [1.82, 2.24) is 0 Å². The maximum atomic E-state index is 11.2. The molecule has 3 rings (SSSR count). The summed E-state index contributed by atoms with van der Waals surface area (Å²) in [5, 5.41) is 9.21. The van der Waals surface area contributed by atoms with Gasteiger partial charge in [0.25, 0.3) is 0 Å². The van der Waals surface area contributed by atoms with Gasteiger partial charge in [-0.3, -0.25) is 4.79 Å². The summed E-state index contributed by atoms with van der Waals surface area (Å²) in [6.45, 7) is 0.834. The second-order valence-electron chi connectivity index (χ2n) is 6.91. The summed E-state index contributed by atoms with van der Waals surface area (Å²) in [7, 11) is 1.55. The molecule has 1 N–H and O–H groups in total. The van der Waals surface area contributed by atoms with Crippen molar-refractivity contribution in [2.24, 2.45) is 0 Å². The quantitative estimate of drug-likeness (QED) is 0.458. The molecule has 0 aliphatic rings. The zero-order valence-corrected chi connectivity index (χ0v) is 17.0. The summed E-state index contributed by atoms with van der Waals surface area (Å²) >= 11 is 0. The van der Waals surface area contributed by atoms with Crippen LogP contribution in [0, 0.1) is 0 Å². The number of hydrogen-bond acceptors (Lipinski definition) is 4. The predicted octanol–water partition coefficient (Wildman–Crippen LogP) is 4.91. The van der Waals surface area contributed by atoms with Crippen molar-refractivity contribution in [3.05, 3.63) is 89.5 Å². The molecule has 0 aliphatic heterocycles. The van der Waals surface area contributed by atoms with Crippen molar-refractivity contribution in [3.8, 4) is 17.2 Å². The van der Waals surface area contributed by atoms with Gasteiger partial charge in [-0.05, 0) is 41.7 Å². The minimum absolute atomic E-state index is 0.119. The van der Waals surface area contributed by atoms with Crippen molar-refractivity contribution in [2.45, 2.75) is 25.9 Å². The molecule has 0 amide bonds. The average Bonchev–Trinajstić information content (AvgIpc) is 2.76. The predicted molar refractivity (Wildman–Crippen MR) is 115 cm³/mol. The molecule has 30 heavy (non-hydrogen) atoms. The number of carboxylic acids is 1. The summed E-state index contributed by atoms with van der Waals surface area (Å²) in [4.78, 5) is 11.2. The van der Waals surface area contributed by atoms with E-state index in [0.717, 1.165) is 18.4 Å². The van der Waals surface area contributed by atoms with Crippen molar-refractivity contribution in [2.75, 3.05) is 13.7 Å².